The van der Waals surface area contributed by atoms with Gasteiger partial charge in [0.25, 0.3) is 0 Å². The summed E-state index contributed by atoms with van der Waals surface area (Å²) in [6, 6.07) is 16.9. The molecule has 5 nitrogen and oxygen atoms in total. The van der Waals surface area contributed by atoms with Crippen molar-refractivity contribution in [2.24, 2.45) is 0 Å². The normalized spacial score (nSPS) is 15.0. The first-order valence-corrected chi connectivity index (χ1v) is 10.9. The molecule has 0 unspecified atom stereocenters. The van der Waals surface area contributed by atoms with Crippen LogP contribution >= 0.6 is 0 Å². The Balaban J connectivity index is 1.45. The van der Waals surface area contributed by atoms with Crippen molar-refractivity contribution in [2.45, 2.75) is 43.5 Å². The van der Waals surface area contributed by atoms with Crippen molar-refractivity contribution in [1.29, 1.82) is 0 Å². The molecule has 0 aliphatic carbocycles. The van der Waals surface area contributed by atoms with Crippen LogP contribution in [0.1, 0.15) is 36.8 Å². The van der Waals surface area contributed by atoms with Crippen LogP contribution in [0.3, 0.4) is 0 Å². The van der Waals surface area contributed by atoms with Gasteiger partial charge in [0.1, 0.15) is 0 Å². The summed E-state index contributed by atoms with van der Waals surface area (Å²) in [5.41, 5.74) is 2.13. The first kappa shape index (κ1) is 19.6. The lowest BCUT2D eigenvalue weighted by Crippen LogP contribution is -2.27. The van der Waals surface area contributed by atoms with E-state index in [1.54, 1.807) is 24.3 Å². The predicted molar refractivity (Wildman–Crippen MR) is 106 cm³/mol. The van der Waals surface area contributed by atoms with Gasteiger partial charge in [-0.15, -0.1) is 0 Å². The molecular weight excluding hydrogens is 360 g/mol. The van der Waals surface area contributed by atoms with Crippen LogP contribution in [0.2, 0.25) is 0 Å². The fourth-order valence-corrected chi connectivity index (χ4v) is 4.76. The summed E-state index contributed by atoms with van der Waals surface area (Å²) in [5.74, 6) is 0.0136. The molecule has 1 saturated heterocycles. The molecule has 0 radical (unpaired) electrons. The quantitative estimate of drug-likeness (QED) is 0.758. The molecule has 1 aliphatic rings. The maximum absolute atomic E-state index is 12.5. The number of benzene rings is 2. The van der Waals surface area contributed by atoms with Gasteiger partial charge >= 0.3 is 0 Å². The van der Waals surface area contributed by atoms with Gasteiger partial charge in [-0.1, -0.05) is 42.5 Å². The molecule has 0 aromatic heterocycles. The second-order valence-corrected chi connectivity index (χ2v) is 8.81. The van der Waals surface area contributed by atoms with Gasteiger partial charge in [0, 0.05) is 26.1 Å². The smallest absolute Gasteiger partial charge is 0.243 e. The number of carbonyl (C=O) groups is 1. The van der Waals surface area contributed by atoms with Crippen molar-refractivity contribution in [3.63, 3.8) is 0 Å². The molecule has 2 aromatic rings. The first-order chi connectivity index (χ1) is 13.1. The molecule has 144 valence electrons. The molecule has 2 aromatic carbocycles. The first-order valence-electron chi connectivity index (χ1n) is 9.45. The van der Waals surface area contributed by atoms with Crippen LogP contribution in [0.5, 0.6) is 0 Å². The van der Waals surface area contributed by atoms with Crippen molar-refractivity contribution in [3.05, 3.63) is 65.7 Å². The Bertz CT molecular complexity index is 843. The van der Waals surface area contributed by atoms with Gasteiger partial charge < -0.3 is 5.32 Å². The zero-order chi connectivity index (χ0) is 19.1. The number of sulfonamides is 1. The van der Waals surface area contributed by atoms with Crippen LogP contribution in [-0.2, 0) is 27.8 Å². The van der Waals surface area contributed by atoms with Gasteiger partial charge in [0.05, 0.1) is 4.90 Å². The largest absolute Gasteiger partial charge is 0.352 e. The van der Waals surface area contributed by atoms with E-state index in [0.717, 1.165) is 31.2 Å². The Labute approximate surface area is 161 Å². The molecule has 0 atom stereocenters. The number of hydrogen-bond acceptors (Lipinski definition) is 3. The molecule has 0 saturated carbocycles. The van der Waals surface area contributed by atoms with E-state index in [1.807, 2.05) is 18.2 Å². The average Bonchev–Trinajstić information content (AvgIpc) is 3.23. The molecule has 0 spiro atoms. The predicted octanol–water partition coefficient (Wildman–Crippen LogP) is 3.11. The highest BCUT2D eigenvalue weighted by Crippen LogP contribution is 2.21. The van der Waals surface area contributed by atoms with E-state index in [9.17, 15) is 13.2 Å². The van der Waals surface area contributed by atoms with Gasteiger partial charge in [-0.3, -0.25) is 4.79 Å². The molecule has 1 aliphatic heterocycles. The molecule has 3 rings (SSSR count). The third kappa shape index (κ3) is 5.40. The Morgan fingerprint density at radius 2 is 1.59 bits per heavy atom. The van der Waals surface area contributed by atoms with Crippen molar-refractivity contribution < 1.29 is 13.2 Å². The molecule has 6 heteroatoms. The molecule has 27 heavy (non-hydrogen) atoms. The minimum Gasteiger partial charge on any atom is -0.352 e. The van der Waals surface area contributed by atoms with Gasteiger partial charge in [0.15, 0.2) is 0 Å². The van der Waals surface area contributed by atoms with E-state index in [4.69, 9.17) is 0 Å². The fraction of sp³-hybridized carbons (Fsp3) is 0.381. The Kier molecular flexibility index (Phi) is 6.63. The van der Waals surface area contributed by atoms with E-state index in [0.29, 0.717) is 31.0 Å². The van der Waals surface area contributed by atoms with Crippen molar-refractivity contribution in [2.75, 3.05) is 13.1 Å². The maximum atomic E-state index is 12.5. The summed E-state index contributed by atoms with van der Waals surface area (Å²) in [5, 5.41) is 2.90. The van der Waals surface area contributed by atoms with Crippen LogP contribution in [-0.4, -0.2) is 31.7 Å². The van der Waals surface area contributed by atoms with E-state index >= 15 is 0 Å². The maximum Gasteiger partial charge on any atom is 0.243 e. The average molecular weight is 387 g/mol. The fourth-order valence-electron chi connectivity index (χ4n) is 3.24. The molecular formula is C21H26N2O3S. The summed E-state index contributed by atoms with van der Waals surface area (Å²) >= 11 is 0. The molecule has 0 bridgehead atoms. The molecule has 1 fully saturated rings. The third-order valence-corrected chi connectivity index (χ3v) is 6.74. The third-order valence-electron chi connectivity index (χ3n) is 4.83. The number of hydrogen-bond donors (Lipinski definition) is 1. The monoisotopic (exact) mass is 386 g/mol. The number of nitrogens with zero attached hydrogens (tertiary/aromatic N) is 1. The number of rotatable bonds is 8. The van der Waals surface area contributed by atoms with Gasteiger partial charge in [-0.2, -0.15) is 4.31 Å². The number of aryl methyl sites for hydroxylation is 1. The number of amides is 1. The van der Waals surface area contributed by atoms with Crippen molar-refractivity contribution in [1.82, 2.24) is 9.62 Å². The molecule has 1 N–H and O–H groups in total. The number of carbonyl (C=O) groups excluding carboxylic acids is 1. The Morgan fingerprint density at radius 3 is 2.26 bits per heavy atom. The summed E-state index contributed by atoms with van der Waals surface area (Å²) < 4.78 is 26.5. The van der Waals surface area contributed by atoms with E-state index in [-0.39, 0.29) is 5.91 Å². The highest BCUT2D eigenvalue weighted by atomic mass is 32.2. The second kappa shape index (κ2) is 9.15. The summed E-state index contributed by atoms with van der Waals surface area (Å²) in [6.07, 6.45) is 4.03. The summed E-state index contributed by atoms with van der Waals surface area (Å²) in [6.45, 7) is 1.61. The summed E-state index contributed by atoms with van der Waals surface area (Å²) in [4.78, 5) is 12.3. The Morgan fingerprint density at radius 1 is 0.926 bits per heavy atom. The lowest BCUT2D eigenvalue weighted by atomic mass is 10.1. The molecule has 1 amide bonds. The second-order valence-electron chi connectivity index (χ2n) is 6.87. The van der Waals surface area contributed by atoms with E-state index in [2.05, 4.69) is 17.4 Å². The van der Waals surface area contributed by atoms with Crippen LogP contribution in [0.4, 0.5) is 0 Å². The lowest BCUT2D eigenvalue weighted by Gasteiger charge is -2.15. The summed E-state index contributed by atoms with van der Waals surface area (Å²) in [7, 11) is -3.38. The van der Waals surface area contributed by atoms with Crippen LogP contribution in [0.15, 0.2) is 59.5 Å². The van der Waals surface area contributed by atoms with Gasteiger partial charge in [0.2, 0.25) is 15.9 Å². The van der Waals surface area contributed by atoms with E-state index in [1.165, 1.54) is 9.87 Å². The minimum absolute atomic E-state index is 0.0136. The van der Waals surface area contributed by atoms with Crippen molar-refractivity contribution >= 4 is 15.9 Å². The number of nitrogens with one attached hydrogen (secondary N) is 1. The standard InChI is InChI=1S/C21H26N2O3S/c24-21(10-6-9-18-7-2-1-3-8-18)22-17-19-11-13-20(14-12-19)27(25,26)23-15-4-5-16-23/h1-3,7-8,11-14H,4-6,9-10,15-17H2,(H,22,24). The van der Waals surface area contributed by atoms with Crippen LogP contribution in [0.25, 0.3) is 0 Å². The Hall–Kier alpha value is -2.18. The topological polar surface area (TPSA) is 66.5 Å². The van der Waals surface area contributed by atoms with Crippen LogP contribution in [0, 0.1) is 0 Å². The van der Waals surface area contributed by atoms with Gasteiger partial charge in [-0.25, -0.2) is 8.42 Å². The van der Waals surface area contributed by atoms with Gasteiger partial charge in [-0.05, 0) is 48.9 Å². The SMILES string of the molecule is O=C(CCCc1ccccc1)NCc1ccc(S(=O)(=O)N2CCCC2)cc1. The lowest BCUT2D eigenvalue weighted by molar-refractivity contribution is -0.121. The zero-order valence-electron chi connectivity index (χ0n) is 15.4. The van der Waals surface area contributed by atoms with Crippen LogP contribution < -0.4 is 5.32 Å². The zero-order valence-corrected chi connectivity index (χ0v) is 16.2. The molecule has 1 heterocycles. The highest BCUT2D eigenvalue weighted by molar-refractivity contribution is 7.89. The highest BCUT2D eigenvalue weighted by Gasteiger charge is 2.26. The van der Waals surface area contributed by atoms with Crippen molar-refractivity contribution in [3.8, 4) is 0 Å². The minimum atomic E-state index is -3.38. The van der Waals surface area contributed by atoms with E-state index < -0.39 is 10.0 Å².